The van der Waals surface area contributed by atoms with Crippen molar-refractivity contribution in [1.29, 1.82) is 0 Å². The standard InChI is InChI=1S/C12H14N6O2S/c1-3-5-13-10-9(18(19)20)11(16-7-15-10)21-12-14-6-4-8(2)17-12/h4,6-7H,3,5H2,1-2H3,(H,13,15,16). The summed E-state index contributed by atoms with van der Waals surface area (Å²) in [7, 11) is 0. The third kappa shape index (κ3) is 3.85. The van der Waals surface area contributed by atoms with E-state index >= 15 is 0 Å². The van der Waals surface area contributed by atoms with Crippen LogP contribution in [0.5, 0.6) is 0 Å². The topological polar surface area (TPSA) is 107 Å². The highest BCUT2D eigenvalue weighted by atomic mass is 32.2. The lowest BCUT2D eigenvalue weighted by atomic mass is 10.4. The highest BCUT2D eigenvalue weighted by Crippen LogP contribution is 2.34. The molecule has 0 radical (unpaired) electrons. The van der Waals surface area contributed by atoms with E-state index in [0.717, 1.165) is 23.9 Å². The molecule has 0 aliphatic carbocycles. The molecule has 0 aliphatic heterocycles. The average Bonchev–Trinajstić information content (AvgIpc) is 2.45. The maximum Gasteiger partial charge on any atom is 0.343 e. The fraction of sp³-hybridized carbons (Fsp3) is 0.333. The zero-order chi connectivity index (χ0) is 15.2. The SMILES string of the molecule is CCCNc1ncnc(Sc2nccc(C)n2)c1[N+](=O)[O-]. The van der Waals surface area contributed by atoms with Crippen LogP contribution >= 0.6 is 11.8 Å². The number of aryl methyl sites for hydroxylation is 1. The lowest BCUT2D eigenvalue weighted by Gasteiger charge is -2.07. The van der Waals surface area contributed by atoms with Gasteiger partial charge in [0.25, 0.3) is 0 Å². The predicted molar refractivity (Wildman–Crippen MR) is 78.4 cm³/mol. The predicted octanol–water partition coefficient (Wildman–Crippen LogP) is 2.46. The number of anilines is 1. The van der Waals surface area contributed by atoms with Gasteiger partial charge in [-0.05, 0) is 31.2 Å². The molecular weight excluding hydrogens is 292 g/mol. The molecule has 0 saturated carbocycles. The normalized spacial score (nSPS) is 10.4. The number of nitro groups is 1. The molecule has 110 valence electrons. The van der Waals surface area contributed by atoms with Crippen molar-refractivity contribution in [3.63, 3.8) is 0 Å². The minimum atomic E-state index is -0.490. The highest BCUT2D eigenvalue weighted by Gasteiger charge is 2.24. The third-order valence-corrected chi connectivity index (χ3v) is 3.35. The summed E-state index contributed by atoms with van der Waals surface area (Å²) in [5.74, 6) is 0.215. The van der Waals surface area contributed by atoms with Gasteiger partial charge in [0.15, 0.2) is 10.2 Å². The van der Waals surface area contributed by atoms with Crippen LogP contribution < -0.4 is 5.32 Å². The summed E-state index contributed by atoms with van der Waals surface area (Å²) < 4.78 is 0. The van der Waals surface area contributed by atoms with Crippen molar-refractivity contribution in [2.75, 3.05) is 11.9 Å². The molecule has 0 amide bonds. The molecule has 0 saturated heterocycles. The van der Waals surface area contributed by atoms with Gasteiger partial charge in [0.05, 0.1) is 4.92 Å². The molecule has 0 fully saturated rings. The van der Waals surface area contributed by atoms with Gasteiger partial charge in [0.1, 0.15) is 6.33 Å². The van der Waals surface area contributed by atoms with Gasteiger partial charge in [-0.15, -0.1) is 0 Å². The number of hydrogen-bond acceptors (Lipinski definition) is 8. The van der Waals surface area contributed by atoms with Crippen LogP contribution in [0.2, 0.25) is 0 Å². The Labute approximate surface area is 125 Å². The largest absolute Gasteiger partial charge is 0.364 e. The molecule has 2 aromatic heterocycles. The summed E-state index contributed by atoms with van der Waals surface area (Å²) >= 11 is 1.05. The fourth-order valence-corrected chi connectivity index (χ4v) is 2.38. The van der Waals surface area contributed by atoms with E-state index < -0.39 is 4.92 Å². The van der Waals surface area contributed by atoms with Gasteiger partial charge in [-0.2, -0.15) is 0 Å². The van der Waals surface area contributed by atoms with E-state index in [1.807, 2.05) is 13.8 Å². The van der Waals surface area contributed by atoms with Crippen molar-refractivity contribution >= 4 is 23.3 Å². The molecule has 2 heterocycles. The molecule has 0 unspecified atom stereocenters. The first-order chi connectivity index (χ1) is 10.1. The lowest BCUT2D eigenvalue weighted by Crippen LogP contribution is -2.07. The number of aromatic nitrogens is 4. The lowest BCUT2D eigenvalue weighted by molar-refractivity contribution is -0.387. The first kappa shape index (κ1) is 15.1. The van der Waals surface area contributed by atoms with E-state index in [4.69, 9.17) is 0 Å². The van der Waals surface area contributed by atoms with Crippen LogP contribution in [0.25, 0.3) is 0 Å². The Kier molecular flexibility index (Phi) is 4.99. The number of hydrogen-bond donors (Lipinski definition) is 1. The molecule has 0 atom stereocenters. The van der Waals surface area contributed by atoms with Crippen LogP contribution in [0.15, 0.2) is 28.8 Å². The molecule has 8 nitrogen and oxygen atoms in total. The van der Waals surface area contributed by atoms with Gasteiger partial charge >= 0.3 is 5.69 Å². The summed E-state index contributed by atoms with van der Waals surface area (Å²) in [6.07, 6.45) is 3.74. The quantitative estimate of drug-likeness (QED) is 0.375. The summed E-state index contributed by atoms with van der Waals surface area (Å²) in [6, 6.07) is 1.76. The number of rotatable bonds is 6. The highest BCUT2D eigenvalue weighted by molar-refractivity contribution is 7.99. The van der Waals surface area contributed by atoms with Gasteiger partial charge < -0.3 is 5.32 Å². The summed E-state index contributed by atoms with van der Waals surface area (Å²) in [5, 5.41) is 14.9. The Morgan fingerprint density at radius 3 is 2.86 bits per heavy atom. The Morgan fingerprint density at radius 2 is 2.19 bits per heavy atom. The van der Waals surface area contributed by atoms with Gasteiger partial charge in [0.2, 0.25) is 5.82 Å². The molecule has 0 spiro atoms. The zero-order valence-corrected chi connectivity index (χ0v) is 12.4. The van der Waals surface area contributed by atoms with E-state index in [0.29, 0.717) is 11.7 Å². The molecule has 0 bridgehead atoms. The summed E-state index contributed by atoms with van der Waals surface area (Å²) in [4.78, 5) is 27.0. The second-order valence-corrected chi connectivity index (χ2v) is 5.10. The van der Waals surface area contributed by atoms with E-state index in [9.17, 15) is 10.1 Å². The van der Waals surface area contributed by atoms with Crippen LogP contribution in [0, 0.1) is 17.0 Å². The Hall–Kier alpha value is -2.29. The molecule has 2 aromatic rings. The van der Waals surface area contributed by atoms with Crippen molar-refractivity contribution in [3.8, 4) is 0 Å². The van der Waals surface area contributed by atoms with Crippen LogP contribution in [-0.2, 0) is 0 Å². The Balaban J connectivity index is 2.36. The minimum absolute atomic E-state index is 0.152. The molecule has 0 aromatic carbocycles. The van der Waals surface area contributed by atoms with E-state index in [-0.39, 0.29) is 16.5 Å². The van der Waals surface area contributed by atoms with Gasteiger partial charge in [-0.3, -0.25) is 10.1 Å². The van der Waals surface area contributed by atoms with E-state index in [1.165, 1.54) is 6.33 Å². The first-order valence-electron chi connectivity index (χ1n) is 6.32. The second kappa shape index (κ2) is 6.93. The van der Waals surface area contributed by atoms with Crippen LogP contribution in [-0.4, -0.2) is 31.4 Å². The van der Waals surface area contributed by atoms with Crippen molar-refractivity contribution in [3.05, 3.63) is 34.4 Å². The van der Waals surface area contributed by atoms with Crippen molar-refractivity contribution in [2.24, 2.45) is 0 Å². The monoisotopic (exact) mass is 306 g/mol. The molecule has 0 aliphatic rings. The number of nitrogens with zero attached hydrogens (tertiary/aromatic N) is 5. The minimum Gasteiger partial charge on any atom is -0.364 e. The van der Waals surface area contributed by atoms with Crippen LogP contribution in [0.3, 0.4) is 0 Å². The van der Waals surface area contributed by atoms with Gasteiger partial charge in [0, 0.05) is 18.4 Å². The summed E-state index contributed by atoms with van der Waals surface area (Å²) in [5.41, 5.74) is 0.634. The molecular formula is C12H14N6O2S. The average molecular weight is 306 g/mol. The Bertz CT molecular complexity index is 651. The zero-order valence-electron chi connectivity index (χ0n) is 11.6. The molecule has 21 heavy (non-hydrogen) atoms. The van der Waals surface area contributed by atoms with Crippen molar-refractivity contribution in [1.82, 2.24) is 19.9 Å². The fourth-order valence-electron chi connectivity index (χ4n) is 1.54. The van der Waals surface area contributed by atoms with Crippen LogP contribution in [0.4, 0.5) is 11.5 Å². The number of nitrogens with one attached hydrogen (secondary N) is 1. The van der Waals surface area contributed by atoms with Crippen LogP contribution in [0.1, 0.15) is 19.0 Å². The molecule has 9 heteroatoms. The van der Waals surface area contributed by atoms with Crippen molar-refractivity contribution < 1.29 is 4.92 Å². The molecule has 1 N–H and O–H groups in total. The molecule has 2 rings (SSSR count). The van der Waals surface area contributed by atoms with E-state index in [2.05, 4.69) is 25.3 Å². The van der Waals surface area contributed by atoms with Gasteiger partial charge in [-0.1, -0.05) is 6.92 Å². The van der Waals surface area contributed by atoms with Gasteiger partial charge in [-0.25, -0.2) is 19.9 Å². The smallest absolute Gasteiger partial charge is 0.343 e. The van der Waals surface area contributed by atoms with Crippen molar-refractivity contribution in [2.45, 2.75) is 30.5 Å². The maximum absolute atomic E-state index is 11.3. The second-order valence-electron chi connectivity index (χ2n) is 4.14. The van der Waals surface area contributed by atoms with E-state index in [1.54, 1.807) is 12.3 Å². The Morgan fingerprint density at radius 1 is 1.38 bits per heavy atom. The first-order valence-corrected chi connectivity index (χ1v) is 7.14. The maximum atomic E-state index is 11.3. The third-order valence-electron chi connectivity index (χ3n) is 2.47. The summed E-state index contributed by atoms with van der Waals surface area (Å²) in [6.45, 7) is 4.40.